The Morgan fingerprint density at radius 3 is 2.35 bits per heavy atom. The molecule has 0 spiro atoms. The molecule has 0 amide bonds. The maximum atomic E-state index is 13.2. The van der Waals surface area contributed by atoms with Crippen LogP contribution in [0.2, 0.25) is 10.0 Å². The van der Waals surface area contributed by atoms with E-state index in [4.69, 9.17) is 23.2 Å². The van der Waals surface area contributed by atoms with Crippen LogP contribution in [0.4, 0.5) is 0 Å². The van der Waals surface area contributed by atoms with E-state index in [0.29, 0.717) is 42.4 Å². The number of halogens is 2. The SMILES string of the molecule is COC(=O)/C(O)=C/C(=O)C1(Cc2ccc(Cl)cc2)CCN(Cc2cccc(Cl)c2)CC1. The molecule has 3 rings (SSSR count). The molecule has 1 saturated heterocycles. The van der Waals surface area contributed by atoms with Gasteiger partial charge >= 0.3 is 5.97 Å². The summed E-state index contributed by atoms with van der Waals surface area (Å²) in [6, 6.07) is 15.1. The first-order chi connectivity index (χ1) is 14.8. The van der Waals surface area contributed by atoms with Gasteiger partial charge in [-0.15, -0.1) is 0 Å². The quantitative estimate of drug-likeness (QED) is 0.356. The van der Waals surface area contributed by atoms with Crippen LogP contribution < -0.4 is 0 Å². The molecule has 2 aromatic rings. The number of aliphatic hydroxyl groups excluding tert-OH is 1. The van der Waals surface area contributed by atoms with E-state index in [-0.39, 0.29) is 5.78 Å². The molecule has 5 nitrogen and oxygen atoms in total. The molecule has 2 aromatic carbocycles. The summed E-state index contributed by atoms with van der Waals surface area (Å²) in [5, 5.41) is 11.3. The first kappa shape index (κ1) is 23.3. The lowest BCUT2D eigenvalue weighted by molar-refractivity contribution is -0.139. The topological polar surface area (TPSA) is 66.8 Å². The van der Waals surface area contributed by atoms with E-state index in [9.17, 15) is 14.7 Å². The first-order valence-electron chi connectivity index (χ1n) is 10.1. The number of carbonyl (C=O) groups excluding carboxylic acids is 2. The average molecular weight is 462 g/mol. The lowest BCUT2D eigenvalue weighted by atomic mass is 9.70. The summed E-state index contributed by atoms with van der Waals surface area (Å²) in [5.41, 5.74) is 1.37. The summed E-state index contributed by atoms with van der Waals surface area (Å²) in [4.78, 5) is 27.1. The molecule has 1 heterocycles. The zero-order valence-electron chi connectivity index (χ0n) is 17.3. The Bertz CT molecular complexity index is 964. The van der Waals surface area contributed by atoms with Crippen LogP contribution in [-0.4, -0.2) is 42.0 Å². The van der Waals surface area contributed by atoms with Gasteiger partial charge in [0.2, 0.25) is 5.76 Å². The Hall–Kier alpha value is -2.34. The smallest absolute Gasteiger partial charge is 0.373 e. The molecule has 31 heavy (non-hydrogen) atoms. The van der Waals surface area contributed by atoms with Gasteiger partial charge in [0.05, 0.1) is 7.11 Å². The van der Waals surface area contributed by atoms with Crippen LogP contribution in [0.25, 0.3) is 0 Å². The molecule has 0 unspecified atom stereocenters. The molecule has 0 aromatic heterocycles. The van der Waals surface area contributed by atoms with Crippen molar-refractivity contribution in [3.8, 4) is 0 Å². The summed E-state index contributed by atoms with van der Waals surface area (Å²) < 4.78 is 4.51. The number of ketones is 1. The van der Waals surface area contributed by atoms with Gasteiger partial charge in [0.15, 0.2) is 5.78 Å². The fraction of sp³-hybridized carbons (Fsp3) is 0.333. The number of benzene rings is 2. The lowest BCUT2D eigenvalue weighted by Gasteiger charge is -2.40. The number of aliphatic hydroxyl groups is 1. The second-order valence-corrected chi connectivity index (χ2v) is 8.75. The normalized spacial score (nSPS) is 16.7. The van der Waals surface area contributed by atoms with Crippen molar-refractivity contribution in [2.45, 2.75) is 25.8 Å². The summed E-state index contributed by atoms with van der Waals surface area (Å²) >= 11 is 12.1. The van der Waals surface area contributed by atoms with E-state index in [1.54, 1.807) is 12.1 Å². The fourth-order valence-corrected chi connectivity index (χ4v) is 4.32. The summed E-state index contributed by atoms with van der Waals surface area (Å²) in [6.45, 7) is 2.16. The van der Waals surface area contributed by atoms with Crippen molar-refractivity contribution in [2.24, 2.45) is 5.41 Å². The number of ether oxygens (including phenoxy) is 1. The monoisotopic (exact) mass is 461 g/mol. The van der Waals surface area contributed by atoms with Gasteiger partial charge in [-0.3, -0.25) is 9.69 Å². The Balaban J connectivity index is 1.79. The molecule has 164 valence electrons. The second-order valence-electron chi connectivity index (χ2n) is 7.88. The van der Waals surface area contributed by atoms with Crippen molar-refractivity contribution >= 4 is 35.0 Å². The Morgan fingerprint density at radius 1 is 1.06 bits per heavy atom. The standard InChI is InChI=1S/C24H25Cl2NO4/c1-31-23(30)21(28)14-22(29)24(15-17-5-7-19(25)8-6-17)9-11-27(12-10-24)16-18-3-2-4-20(26)13-18/h2-8,13-14,28H,9-12,15-16H2,1H3/b21-14-. The minimum atomic E-state index is -0.923. The highest BCUT2D eigenvalue weighted by molar-refractivity contribution is 6.30. The number of nitrogens with zero attached hydrogens (tertiary/aromatic N) is 1. The summed E-state index contributed by atoms with van der Waals surface area (Å²) in [7, 11) is 1.16. The number of piperidine rings is 1. The Kier molecular flexibility index (Phi) is 7.76. The molecule has 1 aliphatic heterocycles. The first-order valence-corrected chi connectivity index (χ1v) is 10.8. The summed E-state index contributed by atoms with van der Waals surface area (Å²) in [6.07, 6.45) is 2.70. The molecule has 0 bridgehead atoms. The van der Waals surface area contributed by atoms with Gasteiger partial charge in [0, 0.05) is 28.1 Å². The molecule has 0 radical (unpaired) electrons. The molecule has 7 heteroatoms. The van der Waals surface area contributed by atoms with Gasteiger partial charge in [-0.05, 0) is 67.7 Å². The number of esters is 1. The van der Waals surface area contributed by atoms with Gasteiger partial charge in [0.25, 0.3) is 0 Å². The Labute approximate surface area is 192 Å². The highest BCUT2D eigenvalue weighted by Gasteiger charge is 2.40. The van der Waals surface area contributed by atoms with Crippen molar-refractivity contribution in [1.29, 1.82) is 0 Å². The highest BCUT2D eigenvalue weighted by atomic mass is 35.5. The van der Waals surface area contributed by atoms with Crippen molar-refractivity contribution < 1.29 is 19.4 Å². The molecular formula is C24H25Cl2NO4. The van der Waals surface area contributed by atoms with Crippen molar-refractivity contribution in [1.82, 2.24) is 4.90 Å². The molecule has 1 fully saturated rings. The highest BCUT2D eigenvalue weighted by Crippen LogP contribution is 2.37. The third-order valence-corrected chi connectivity index (χ3v) is 6.24. The van der Waals surface area contributed by atoms with Crippen LogP contribution in [0.15, 0.2) is 60.4 Å². The molecule has 0 saturated carbocycles. The predicted octanol–water partition coefficient (Wildman–Crippen LogP) is 5.00. The van der Waals surface area contributed by atoms with E-state index in [2.05, 4.69) is 9.64 Å². The fourth-order valence-electron chi connectivity index (χ4n) is 3.98. The Morgan fingerprint density at radius 2 is 1.74 bits per heavy atom. The van der Waals surface area contributed by atoms with Gasteiger partial charge in [0.1, 0.15) is 0 Å². The maximum absolute atomic E-state index is 13.2. The van der Waals surface area contributed by atoms with Crippen LogP contribution in [0.5, 0.6) is 0 Å². The third kappa shape index (κ3) is 6.10. The van der Waals surface area contributed by atoms with Crippen LogP contribution >= 0.6 is 23.2 Å². The lowest BCUT2D eigenvalue weighted by Crippen LogP contribution is -2.45. The molecule has 0 atom stereocenters. The van der Waals surface area contributed by atoms with E-state index in [1.165, 1.54) is 0 Å². The summed E-state index contributed by atoms with van der Waals surface area (Å²) in [5.74, 6) is -1.87. The minimum Gasteiger partial charge on any atom is -0.502 e. The van der Waals surface area contributed by atoms with Crippen molar-refractivity contribution in [3.63, 3.8) is 0 Å². The largest absolute Gasteiger partial charge is 0.502 e. The van der Waals surface area contributed by atoms with Crippen molar-refractivity contribution in [3.05, 3.63) is 81.5 Å². The molecule has 0 aliphatic carbocycles. The molecule has 1 N–H and O–H groups in total. The van der Waals surface area contributed by atoms with Crippen LogP contribution in [-0.2, 0) is 27.3 Å². The van der Waals surface area contributed by atoms with Crippen LogP contribution in [0.3, 0.4) is 0 Å². The van der Waals surface area contributed by atoms with Gasteiger partial charge in [-0.2, -0.15) is 0 Å². The van der Waals surface area contributed by atoms with E-state index in [0.717, 1.165) is 30.9 Å². The number of methoxy groups -OCH3 is 1. The van der Waals surface area contributed by atoms with Crippen LogP contribution in [0.1, 0.15) is 24.0 Å². The van der Waals surface area contributed by atoms with Gasteiger partial charge in [-0.1, -0.05) is 47.5 Å². The number of hydrogen-bond donors (Lipinski definition) is 1. The zero-order valence-corrected chi connectivity index (χ0v) is 18.8. The van der Waals surface area contributed by atoms with Crippen LogP contribution in [0, 0.1) is 5.41 Å². The second kappa shape index (κ2) is 10.3. The van der Waals surface area contributed by atoms with Crippen molar-refractivity contribution in [2.75, 3.05) is 20.2 Å². The number of carbonyl (C=O) groups is 2. The average Bonchev–Trinajstić information content (AvgIpc) is 2.76. The third-order valence-electron chi connectivity index (χ3n) is 5.75. The number of allylic oxidation sites excluding steroid dienone is 1. The number of likely N-dealkylation sites (tertiary alicyclic amines) is 1. The van der Waals surface area contributed by atoms with E-state index in [1.807, 2.05) is 36.4 Å². The van der Waals surface area contributed by atoms with Gasteiger partial charge < -0.3 is 9.84 Å². The van der Waals surface area contributed by atoms with E-state index < -0.39 is 17.1 Å². The van der Waals surface area contributed by atoms with E-state index >= 15 is 0 Å². The maximum Gasteiger partial charge on any atom is 0.373 e. The molecule has 1 aliphatic rings. The van der Waals surface area contributed by atoms with Gasteiger partial charge in [-0.25, -0.2) is 4.79 Å². The molecular weight excluding hydrogens is 437 g/mol. The predicted molar refractivity (Wildman–Crippen MR) is 121 cm³/mol. The minimum absolute atomic E-state index is 0.271. The zero-order chi connectivity index (χ0) is 22.4. The number of hydrogen-bond acceptors (Lipinski definition) is 5. The number of rotatable bonds is 7.